The number of nitrogens with zero attached hydrogens (tertiary/aromatic N) is 4. The first kappa shape index (κ1) is 12.9. The molecule has 0 aliphatic carbocycles. The van der Waals surface area contributed by atoms with Crippen molar-refractivity contribution in [2.75, 3.05) is 20.6 Å². The summed E-state index contributed by atoms with van der Waals surface area (Å²) in [4.78, 5) is 6.25. The molecule has 0 spiro atoms. The fraction of sp³-hybridized carbons (Fsp3) is 0.417. The Hall–Kier alpha value is -1.53. The minimum absolute atomic E-state index is 0.251. The molecule has 0 aliphatic heterocycles. The maximum absolute atomic E-state index is 5.31. The molecule has 1 atom stereocenters. The average molecular weight is 263 g/mol. The van der Waals surface area contributed by atoms with Gasteiger partial charge in [0.2, 0.25) is 0 Å². The molecule has 2 aromatic rings. The molecule has 2 aromatic heterocycles. The van der Waals surface area contributed by atoms with Crippen LogP contribution in [0.4, 0.5) is 0 Å². The Labute approximate surface area is 111 Å². The first-order valence-electron chi connectivity index (χ1n) is 5.81. The topological polar surface area (TPSA) is 49.7 Å². The van der Waals surface area contributed by atoms with E-state index in [1.54, 1.807) is 12.4 Å². The molecule has 1 N–H and O–H groups in total. The van der Waals surface area contributed by atoms with Crippen LogP contribution < -0.4 is 0 Å². The molecule has 96 valence electrons. The molecule has 0 saturated carbocycles. The van der Waals surface area contributed by atoms with Crippen molar-refractivity contribution in [2.24, 2.45) is 0 Å². The fourth-order valence-corrected chi connectivity index (χ4v) is 2.33. The van der Waals surface area contributed by atoms with Crippen LogP contribution >= 0.6 is 12.2 Å². The second-order valence-electron chi connectivity index (χ2n) is 4.58. The van der Waals surface area contributed by atoms with Gasteiger partial charge in [0, 0.05) is 30.5 Å². The van der Waals surface area contributed by atoms with Crippen LogP contribution in [0.25, 0.3) is 11.4 Å². The standard InChI is InChI=1S/C12H17N5S/c1-9(8-16(2)3)17-11(14-15-12(17)18)10-5-4-6-13-7-10/h4-7,9H,8H2,1-3H3,(H,15,18). The van der Waals surface area contributed by atoms with Crippen LogP contribution in [-0.4, -0.2) is 45.3 Å². The molecule has 6 heteroatoms. The van der Waals surface area contributed by atoms with Crippen LogP contribution in [0, 0.1) is 4.77 Å². The van der Waals surface area contributed by atoms with Crippen LogP contribution in [-0.2, 0) is 0 Å². The summed E-state index contributed by atoms with van der Waals surface area (Å²) < 4.78 is 2.68. The summed E-state index contributed by atoms with van der Waals surface area (Å²) in [5.41, 5.74) is 0.968. The Morgan fingerprint density at radius 3 is 2.89 bits per heavy atom. The molecule has 5 nitrogen and oxygen atoms in total. The van der Waals surface area contributed by atoms with Gasteiger partial charge in [0.25, 0.3) is 0 Å². The predicted octanol–water partition coefficient (Wildman–Crippen LogP) is 2.13. The summed E-state index contributed by atoms with van der Waals surface area (Å²) in [5, 5.41) is 7.16. The van der Waals surface area contributed by atoms with Crippen molar-refractivity contribution in [3.63, 3.8) is 0 Å². The molecule has 0 aliphatic rings. The number of hydrogen-bond acceptors (Lipinski definition) is 4. The van der Waals surface area contributed by atoms with E-state index in [0.29, 0.717) is 4.77 Å². The highest BCUT2D eigenvalue weighted by Crippen LogP contribution is 2.20. The zero-order chi connectivity index (χ0) is 13.1. The molecule has 0 amide bonds. The molecule has 0 bridgehead atoms. The molecule has 0 saturated heterocycles. The van der Waals surface area contributed by atoms with Crippen LogP contribution in [0.2, 0.25) is 0 Å². The molecule has 0 radical (unpaired) electrons. The number of aromatic nitrogens is 4. The van der Waals surface area contributed by atoms with Crippen molar-refractivity contribution >= 4 is 12.2 Å². The first-order chi connectivity index (χ1) is 8.59. The number of aromatic amines is 1. The van der Waals surface area contributed by atoms with Gasteiger partial charge in [-0.15, -0.1) is 0 Å². The van der Waals surface area contributed by atoms with Gasteiger partial charge in [-0.2, -0.15) is 5.10 Å². The van der Waals surface area contributed by atoms with E-state index in [1.807, 2.05) is 30.8 Å². The number of likely N-dealkylation sites (N-methyl/N-ethyl adjacent to an activating group) is 1. The summed E-state index contributed by atoms with van der Waals surface area (Å²) in [6.45, 7) is 3.03. The Bertz CT molecular complexity index is 557. The highest BCUT2D eigenvalue weighted by molar-refractivity contribution is 7.71. The summed E-state index contributed by atoms with van der Waals surface area (Å²) in [6.07, 6.45) is 3.54. The van der Waals surface area contributed by atoms with Crippen LogP contribution in [0.15, 0.2) is 24.5 Å². The highest BCUT2D eigenvalue weighted by Gasteiger charge is 2.14. The largest absolute Gasteiger partial charge is 0.307 e. The van der Waals surface area contributed by atoms with E-state index in [4.69, 9.17) is 12.2 Å². The number of nitrogens with one attached hydrogen (secondary N) is 1. The summed E-state index contributed by atoms with van der Waals surface area (Å²) in [5.74, 6) is 0.836. The second kappa shape index (κ2) is 5.41. The van der Waals surface area contributed by atoms with Gasteiger partial charge >= 0.3 is 0 Å². The van der Waals surface area contributed by atoms with Crippen molar-refractivity contribution < 1.29 is 0 Å². The van der Waals surface area contributed by atoms with Crippen molar-refractivity contribution in [2.45, 2.75) is 13.0 Å². The number of rotatable bonds is 4. The van der Waals surface area contributed by atoms with Gasteiger partial charge in [0.15, 0.2) is 10.6 Å². The van der Waals surface area contributed by atoms with Crippen LogP contribution in [0.3, 0.4) is 0 Å². The van der Waals surface area contributed by atoms with E-state index in [0.717, 1.165) is 17.9 Å². The van der Waals surface area contributed by atoms with E-state index < -0.39 is 0 Å². The third-order valence-electron chi connectivity index (χ3n) is 2.69. The molecule has 2 heterocycles. The van der Waals surface area contributed by atoms with Gasteiger partial charge in [0.1, 0.15) is 0 Å². The minimum atomic E-state index is 0.251. The zero-order valence-corrected chi connectivity index (χ0v) is 11.6. The highest BCUT2D eigenvalue weighted by atomic mass is 32.1. The lowest BCUT2D eigenvalue weighted by atomic mass is 10.2. The van der Waals surface area contributed by atoms with E-state index in [9.17, 15) is 0 Å². The molecule has 2 rings (SSSR count). The average Bonchev–Trinajstić information content (AvgIpc) is 2.71. The molecule has 0 aromatic carbocycles. The third kappa shape index (κ3) is 2.65. The molecule has 1 unspecified atom stereocenters. The Morgan fingerprint density at radius 2 is 2.28 bits per heavy atom. The molecule has 0 fully saturated rings. The summed E-state index contributed by atoms with van der Waals surface area (Å²) in [7, 11) is 4.09. The lowest BCUT2D eigenvalue weighted by molar-refractivity contribution is 0.336. The van der Waals surface area contributed by atoms with Gasteiger partial charge in [-0.25, -0.2) is 0 Å². The molecule has 18 heavy (non-hydrogen) atoms. The van der Waals surface area contributed by atoms with E-state index in [2.05, 4.69) is 27.0 Å². The van der Waals surface area contributed by atoms with Crippen LogP contribution in [0.5, 0.6) is 0 Å². The molecular weight excluding hydrogens is 246 g/mol. The maximum Gasteiger partial charge on any atom is 0.195 e. The predicted molar refractivity (Wildman–Crippen MR) is 73.9 cm³/mol. The van der Waals surface area contributed by atoms with E-state index in [-0.39, 0.29) is 6.04 Å². The zero-order valence-electron chi connectivity index (χ0n) is 10.8. The van der Waals surface area contributed by atoms with Gasteiger partial charge in [0.05, 0.1) is 0 Å². The minimum Gasteiger partial charge on any atom is -0.307 e. The second-order valence-corrected chi connectivity index (χ2v) is 4.96. The lowest BCUT2D eigenvalue weighted by Crippen LogP contribution is -2.23. The number of hydrogen-bond donors (Lipinski definition) is 1. The monoisotopic (exact) mass is 263 g/mol. The summed E-state index contributed by atoms with van der Waals surface area (Å²) >= 11 is 5.31. The quantitative estimate of drug-likeness (QED) is 0.859. The SMILES string of the molecule is CC(CN(C)C)n1c(-c2cccnc2)n[nH]c1=S. The normalized spacial score (nSPS) is 12.9. The Kier molecular flexibility index (Phi) is 3.88. The third-order valence-corrected chi connectivity index (χ3v) is 2.98. The molecular formula is C12H17N5S. The van der Waals surface area contributed by atoms with Gasteiger partial charge in [-0.05, 0) is 45.4 Å². The Balaban J connectivity index is 2.42. The van der Waals surface area contributed by atoms with Crippen molar-refractivity contribution in [1.82, 2.24) is 24.6 Å². The van der Waals surface area contributed by atoms with Gasteiger partial charge < -0.3 is 4.90 Å². The first-order valence-corrected chi connectivity index (χ1v) is 6.22. The maximum atomic E-state index is 5.31. The van der Waals surface area contributed by atoms with E-state index >= 15 is 0 Å². The van der Waals surface area contributed by atoms with Crippen molar-refractivity contribution in [3.8, 4) is 11.4 Å². The Morgan fingerprint density at radius 1 is 1.50 bits per heavy atom. The smallest absolute Gasteiger partial charge is 0.195 e. The lowest BCUT2D eigenvalue weighted by Gasteiger charge is -2.19. The van der Waals surface area contributed by atoms with Gasteiger partial charge in [-0.1, -0.05) is 0 Å². The van der Waals surface area contributed by atoms with Crippen molar-refractivity contribution in [3.05, 3.63) is 29.3 Å². The van der Waals surface area contributed by atoms with Gasteiger partial charge in [-0.3, -0.25) is 14.6 Å². The van der Waals surface area contributed by atoms with Crippen molar-refractivity contribution in [1.29, 1.82) is 0 Å². The van der Waals surface area contributed by atoms with Crippen LogP contribution in [0.1, 0.15) is 13.0 Å². The van der Waals surface area contributed by atoms with E-state index in [1.165, 1.54) is 0 Å². The number of H-pyrrole nitrogens is 1. The fourth-order valence-electron chi connectivity index (χ4n) is 2.02. The summed E-state index contributed by atoms with van der Waals surface area (Å²) in [6, 6.07) is 4.13. The number of pyridine rings is 1.